The van der Waals surface area contributed by atoms with Gasteiger partial charge in [0, 0.05) is 19.8 Å². The molecule has 96 valence electrons. The molecule has 1 aromatic rings. The van der Waals surface area contributed by atoms with Crippen molar-refractivity contribution in [1.29, 1.82) is 0 Å². The second-order valence-corrected chi connectivity index (χ2v) is 5.83. The first-order chi connectivity index (χ1) is 8.16. The minimum Gasteiger partial charge on any atom is -0.492 e. The zero-order valence-electron chi connectivity index (χ0n) is 10.4. The molecule has 2 heterocycles. The summed E-state index contributed by atoms with van der Waals surface area (Å²) < 4.78 is 5.33. The zero-order valence-corrected chi connectivity index (χ0v) is 11.2. The highest BCUT2D eigenvalue weighted by Crippen LogP contribution is 2.34. The Kier molecular flexibility index (Phi) is 4.23. The fourth-order valence-electron chi connectivity index (χ4n) is 1.96. The van der Waals surface area contributed by atoms with E-state index in [2.05, 4.69) is 24.1 Å². The number of thiazole rings is 1. The molecule has 0 aromatic carbocycles. The van der Waals surface area contributed by atoms with E-state index in [0.29, 0.717) is 11.8 Å². The summed E-state index contributed by atoms with van der Waals surface area (Å²) in [6.07, 6.45) is 2.22. The quantitative estimate of drug-likeness (QED) is 0.869. The average Bonchev–Trinajstić information content (AvgIpc) is 2.69. The van der Waals surface area contributed by atoms with Crippen LogP contribution in [0.1, 0.15) is 37.5 Å². The van der Waals surface area contributed by atoms with E-state index in [-0.39, 0.29) is 5.88 Å². The molecule has 0 atom stereocenters. The molecule has 0 spiro atoms. The van der Waals surface area contributed by atoms with Crippen molar-refractivity contribution in [3.63, 3.8) is 0 Å². The van der Waals surface area contributed by atoms with Crippen LogP contribution in [0.4, 0.5) is 5.13 Å². The van der Waals surface area contributed by atoms with Crippen LogP contribution in [-0.2, 0) is 4.74 Å². The van der Waals surface area contributed by atoms with Gasteiger partial charge in [-0.2, -0.15) is 4.98 Å². The van der Waals surface area contributed by atoms with E-state index < -0.39 is 0 Å². The molecule has 0 amide bonds. The van der Waals surface area contributed by atoms with Gasteiger partial charge in [0.25, 0.3) is 0 Å². The van der Waals surface area contributed by atoms with Gasteiger partial charge in [-0.05, 0) is 24.7 Å². The van der Waals surface area contributed by atoms with Crippen molar-refractivity contribution < 1.29 is 9.84 Å². The van der Waals surface area contributed by atoms with Gasteiger partial charge < -0.3 is 15.2 Å². The Morgan fingerprint density at radius 2 is 2.18 bits per heavy atom. The van der Waals surface area contributed by atoms with Crippen molar-refractivity contribution in [3.05, 3.63) is 4.88 Å². The maximum atomic E-state index is 9.68. The maximum Gasteiger partial charge on any atom is 0.227 e. The first-order valence-corrected chi connectivity index (χ1v) is 6.99. The van der Waals surface area contributed by atoms with Gasteiger partial charge in [-0.25, -0.2) is 0 Å². The van der Waals surface area contributed by atoms with Gasteiger partial charge in [0.05, 0.1) is 4.88 Å². The Morgan fingerprint density at radius 3 is 2.76 bits per heavy atom. The molecular formula is C12H20N2O2S. The van der Waals surface area contributed by atoms with Gasteiger partial charge in [-0.3, -0.25) is 0 Å². The number of aromatic nitrogens is 1. The van der Waals surface area contributed by atoms with Crippen molar-refractivity contribution in [2.45, 2.75) is 32.6 Å². The van der Waals surface area contributed by atoms with Crippen LogP contribution in [-0.4, -0.2) is 29.8 Å². The van der Waals surface area contributed by atoms with Crippen molar-refractivity contribution in [2.24, 2.45) is 5.92 Å². The van der Waals surface area contributed by atoms with Crippen LogP contribution >= 0.6 is 11.3 Å². The number of ether oxygens (including phenoxy) is 1. The van der Waals surface area contributed by atoms with Crippen LogP contribution in [0.15, 0.2) is 0 Å². The number of rotatable bonds is 4. The van der Waals surface area contributed by atoms with Crippen LogP contribution < -0.4 is 5.32 Å². The Hall–Kier alpha value is -0.810. The average molecular weight is 256 g/mol. The molecule has 0 unspecified atom stereocenters. The van der Waals surface area contributed by atoms with E-state index >= 15 is 0 Å². The summed E-state index contributed by atoms with van der Waals surface area (Å²) in [6, 6.07) is 0. The molecule has 0 radical (unpaired) electrons. The summed E-state index contributed by atoms with van der Waals surface area (Å²) in [4.78, 5) is 5.11. The topological polar surface area (TPSA) is 54.4 Å². The fraction of sp³-hybridized carbons (Fsp3) is 0.750. The summed E-state index contributed by atoms with van der Waals surface area (Å²) >= 11 is 1.55. The lowest BCUT2D eigenvalue weighted by Gasteiger charge is -2.21. The number of nitrogens with zero attached hydrogens (tertiary/aromatic N) is 1. The third kappa shape index (κ3) is 3.33. The fourth-order valence-corrected chi connectivity index (χ4v) is 2.83. The number of aromatic hydroxyl groups is 1. The molecule has 0 aliphatic carbocycles. The number of hydrogen-bond acceptors (Lipinski definition) is 5. The minimum absolute atomic E-state index is 0.180. The van der Waals surface area contributed by atoms with Crippen molar-refractivity contribution >= 4 is 16.5 Å². The van der Waals surface area contributed by atoms with Crippen molar-refractivity contribution in [1.82, 2.24) is 4.98 Å². The summed E-state index contributed by atoms with van der Waals surface area (Å²) in [7, 11) is 0. The highest BCUT2D eigenvalue weighted by molar-refractivity contribution is 7.16. The van der Waals surface area contributed by atoms with E-state index in [4.69, 9.17) is 4.74 Å². The number of hydrogen-bond donors (Lipinski definition) is 2. The summed E-state index contributed by atoms with van der Waals surface area (Å²) in [5.41, 5.74) is 0. The first-order valence-electron chi connectivity index (χ1n) is 6.18. The van der Waals surface area contributed by atoms with Crippen molar-refractivity contribution in [2.75, 3.05) is 25.1 Å². The van der Waals surface area contributed by atoms with E-state index in [0.717, 1.165) is 42.6 Å². The second kappa shape index (κ2) is 5.69. The van der Waals surface area contributed by atoms with Crippen LogP contribution in [0, 0.1) is 5.92 Å². The van der Waals surface area contributed by atoms with E-state index in [1.807, 2.05) is 0 Å². The highest BCUT2D eigenvalue weighted by atomic mass is 32.1. The Balaban J connectivity index is 1.88. The summed E-state index contributed by atoms with van der Waals surface area (Å²) in [5.74, 6) is 1.17. The van der Waals surface area contributed by atoms with Gasteiger partial charge in [0.2, 0.25) is 5.88 Å². The molecular weight excluding hydrogens is 236 g/mol. The molecule has 2 rings (SSSR count). The predicted molar refractivity (Wildman–Crippen MR) is 69.9 cm³/mol. The number of anilines is 1. The Labute approximate surface area is 106 Å². The zero-order chi connectivity index (χ0) is 12.3. The normalized spacial score (nSPS) is 17.6. The Bertz CT molecular complexity index is 359. The first kappa shape index (κ1) is 12.6. The third-order valence-electron chi connectivity index (χ3n) is 3.04. The lowest BCUT2D eigenvalue weighted by atomic mass is 10.0. The number of nitrogens with one attached hydrogen (secondary N) is 1. The molecule has 4 nitrogen and oxygen atoms in total. The molecule has 1 aliphatic heterocycles. The molecule has 2 N–H and O–H groups in total. The molecule has 1 fully saturated rings. The molecule has 17 heavy (non-hydrogen) atoms. The Morgan fingerprint density at radius 1 is 1.47 bits per heavy atom. The minimum atomic E-state index is 0.180. The van der Waals surface area contributed by atoms with Gasteiger partial charge >= 0.3 is 0 Å². The van der Waals surface area contributed by atoms with Gasteiger partial charge in [-0.15, -0.1) is 0 Å². The molecule has 5 heteroatoms. The largest absolute Gasteiger partial charge is 0.492 e. The lowest BCUT2D eigenvalue weighted by Crippen LogP contribution is -2.22. The maximum absolute atomic E-state index is 9.68. The predicted octanol–water partition coefficient (Wildman–Crippen LogP) is 2.81. The SMILES string of the molecule is CC(C)c1sc(NCC2CCOCC2)nc1O. The lowest BCUT2D eigenvalue weighted by molar-refractivity contribution is 0.0699. The van der Waals surface area contributed by atoms with Crippen LogP contribution in [0.25, 0.3) is 0 Å². The standard InChI is InChI=1S/C12H20N2O2S/c1-8(2)10-11(15)14-12(17-10)13-7-9-3-5-16-6-4-9/h8-9,15H,3-7H2,1-2H3,(H,13,14). The van der Waals surface area contributed by atoms with E-state index in [1.165, 1.54) is 0 Å². The molecule has 0 saturated carbocycles. The van der Waals surface area contributed by atoms with Crippen LogP contribution in [0.5, 0.6) is 5.88 Å². The summed E-state index contributed by atoms with van der Waals surface area (Å²) in [5, 5.41) is 13.8. The van der Waals surface area contributed by atoms with Gasteiger partial charge in [0.1, 0.15) is 0 Å². The van der Waals surface area contributed by atoms with Crippen molar-refractivity contribution in [3.8, 4) is 5.88 Å². The molecule has 1 saturated heterocycles. The molecule has 0 bridgehead atoms. The molecule has 1 aliphatic rings. The smallest absolute Gasteiger partial charge is 0.227 e. The van der Waals surface area contributed by atoms with Gasteiger partial charge in [0.15, 0.2) is 5.13 Å². The highest BCUT2D eigenvalue weighted by Gasteiger charge is 2.16. The van der Waals surface area contributed by atoms with Gasteiger partial charge in [-0.1, -0.05) is 25.2 Å². The monoisotopic (exact) mass is 256 g/mol. The molecule has 1 aromatic heterocycles. The van der Waals surface area contributed by atoms with E-state index in [1.54, 1.807) is 11.3 Å². The third-order valence-corrected chi connectivity index (χ3v) is 4.34. The van der Waals surface area contributed by atoms with Crippen LogP contribution in [0.2, 0.25) is 0 Å². The van der Waals surface area contributed by atoms with E-state index in [9.17, 15) is 5.11 Å². The summed E-state index contributed by atoms with van der Waals surface area (Å²) in [6.45, 7) is 6.79. The second-order valence-electron chi connectivity index (χ2n) is 4.80. The van der Waals surface area contributed by atoms with Crippen LogP contribution in [0.3, 0.4) is 0 Å².